The van der Waals surface area contributed by atoms with Gasteiger partial charge in [0.15, 0.2) is 5.65 Å². The first-order valence-corrected chi connectivity index (χ1v) is 14.4. The van der Waals surface area contributed by atoms with Gasteiger partial charge in [0.1, 0.15) is 0 Å². The van der Waals surface area contributed by atoms with Crippen molar-refractivity contribution in [1.29, 1.82) is 0 Å². The second-order valence-electron chi connectivity index (χ2n) is 8.77. The van der Waals surface area contributed by atoms with E-state index in [1.807, 2.05) is 0 Å². The van der Waals surface area contributed by atoms with E-state index in [1.165, 1.54) is 40.6 Å². The Bertz CT molecular complexity index is 2070. The summed E-state index contributed by atoms with van der Waals surface area (Å²) in [6, 6.07) is 23.1. The van der Waals surface area contributed by atoms with Crippen LogP contribution in [0.15, 0.2) is 107 Å². The number of nitrogens with two attached hydrogens (primary N) is 1. The van der Waals surface area contributed by atoms with Crippen LogP contribution in [0.2, 0.25) is 0 Å². The summed E-state index contributed by atoms with van der Waals surface area (Å²) in [6.45, 7) is 1.70. The summed E-state index contributed by atoms with van der Waals surface area (Å²) in [4.78, 5) is 4.63. The highest BCUT2D eigenvalue weighted by molar-refractivity contribution is 7.90. The number of nitrogen functional groups attached to an aromatic ring is 1. The average molecular weight is 544 g/mol. The molecule has 0 bridgehead atoms. The topological polar surface area (TPSA) is 130 Å². The minimum absolute atomic E-state index is 0.0964. The minimum Gasteiger partial charge on any atom is -0.398 e. The molecule has 0 amide bonds. The fourth-order valence-electron chi connectivity index (χ4n) is 4.62. The summed E-state index contributed by atoms with van der Waals surface area (Å²) in [6.07, 6.45) is 2.94. The van der Waals surface area contributed by atoms with Crippen LogP contribution in [0, 0.1) is 6.92 Å². The summed E-state index contributed by atoms with van der Waals surface area (Å²) >= 11 is 0. The maximum atomic E-state index is 13.5. The van der Waals surface area contributed by atoms with Crippen molar-refractivity contribution < 1.29 is 16.8 Å². The first kappa shape index (κ1) is 23.9. The lowest BCUT2D eigenvalue weighted by molar-refractivity contribution is 0.582. The van der Waals surface area contributed by atoms with Gasteiger partial charge in [-0.3, -0.25) is 0 Å². The molecule has 11 heteroatoms. The molecule has 0 atom stereocenters. The minimum atomic E-state index is -3.98. The zero-order valence-electron chi connectivity index (χ0n) is 20.1. The Balaban J connectivity index is 1.57. The van der Waals surface area contributed by atoms with Crippen LogP contribution in [0.4, 0.5) is 5.69 Å². The van der Waals surface area contributed by atoms with Gasteiger partial charge in [0.2, 0.25) is 0 Å². The van der Waals surface area contributed by atoms with Crippen LogP contribution in [0.1, 0.15) is 5.69 Å². The van der Waals surface area contributed by atoms with E-state index in [9.17, 15) is 16.8 Å². The molecule has 0 aliphatic rings. The molecule has 38 heavy (non-hydrogen) atoms. The lowest BCUT2D eigenvalue weighted by atomic mass is 10.0. The molecule has 3 heterocycles. The molecule has 3 aromatic carbocycles. The van der Waals surface area contributed by atoms with E-state index in [-0.39, 0.29) is 15.4 Å². The Kier molecular flexibility index (Phi) is 5.37. The molecular weight excluding hydrogens is 522 g/mol. The van der Waals surface area contributed by atoms with Gasteiger partial charge in [-0.25, -0.2) is 17.4 Å². The van der Waals surface area contributed by atoms with Crippen molar-refractivity contribution in [3.8, 4) is 11.1 Å². The molecule has 0 unspecified atom stereocenters. The quantitative estimate of drug-likeness (QED) is 0.319. The monoisotopic (exact) mass is 543 g/mol. The molecule has 0 saturated carbocycles. The summed E-state index contributed by atoms with van der Waals surface area (Å²) in [7, 11) is -7.89. The third kappa shape index (κ3) is 3.58. The SMILES string of the molecule is Cc1cc2c(-c3cc(N)c4cnn(S(=O)(=O)c5ccccc5)c4c3)ccnc2n1S(=O)(=O)c1ccccc1. The van der Waals surface area contributed by atoms with E-state index in [1.54, 1.807) is 67.6 Å². The van der Waals surface area contributed by atoms with Gasteiger partial charge in [-0.2, -0.15) is 17.6 Å². The zero-order valence-corrected chi connectivity index (χ0v) is 21.7. The molecule has 9 nitrogen and oxygen atoms in total. The Hall–Kier alpha value is -4.48. The van der Waals surface area contributed by atoms with Crippen molar-refractivity contribution in [2.24, 2.45) is 0 Å². The van der Waals surface area contributed by atoms with E-state index in [2.05, 4.69) is 10.1 Å². The fourth-order valence-corrected chi connectivity index (χ4v) is 7.42. The second-order valence-corrected chi connectivity index (χ2v) is 12.3. The lowest BCUT2D eigenvalue weighted by Gasteiger charge is -2.11. The van der Waals surface area contributed by atoms with E-state index >= 15 is 0 Å². The van der Waals surface area contributed by atoms with Gasteiger partial charge in [0.25, 0.3) is 20.0 Å². The fraction of sp³-hybridized carbons (Fsp3) is 0.0370. The highest BCUT2D eigenvalue weighted by Gasteiger charge is 2.25. The number of fused-ring (bicyclic) bond motifs is 2. The molecule has 0 aliphatic heterocycles. The Morgan fingerprint density at radius 3 is 2.05 bits per heavy atom. The number of hydrogen-bond donors (Lipinski definition) is 1. The number of aromatic nitrogens is 4. The number of aryl methyl sites for hydroxylation is 1. The van der Waals surface area contributed by atoms with Gasteiger partial charge in [0, 0.05) is 28.4 Å². The van der Waals surface area contributed by atoms with Gasteiger partial charge >= 0.3 is 0 Å². The lowest BCUT2D eigenvalue weighted by Crippen LogP contribution is -2.14. The summed E-state index contributed by atoms with van der Waals surface area (Å²) in [5.74, 6) is 0. The van der Waals surface area contributed by atoms with Gasteiger partial charge in [-0.15, -0.1) is 0 Å². The molecular formula is C27H21N5O4S2. The highest BCUT2D eigenvalue weighted by atomic mass is 32.2. The predicted octanol–water partition coefficient (Wildman–Crippen LogP) is 4.42. The van der Waals surface area contributed by atoms with Crippen molar-refractivity contribution in [2.45, 2.75) is 16.7 Å². The van der Waals surface area contributed by atoms with E-state index < -0.39 is 20.0 Å². The molecule has 0 fully saturated rings. The molecule has 0 aliphatic carbocycles. The second kappa shape index (κ2) is 8.54. The van der Waals surface area contributed by atoms with Crippen molar-refractivity contribution in [1.82, 2.24) is 18.1 Å². The van der Waals surface area contributed by atoms with Crippen molar-refractivity contribution in [2.75, 3.05) is 5.73 Å². The van der Waals surface area contributed by atoms with E-state index in [0.29, 0.717) is 38.8 Å². The van der Waals surface area contributed by atoms with Crippen LogP contribution in [0.3, 0.4) is 0 Å². The maximum Gasteiger partial charge on any atom is 0.283 e. The van der Waals surface area contributed by atoms with Gasteiger partial charge in [0.05, 0.1) is 21.5 Å². The van der Waals surface area contributed by atoms with E-state index in [4.69, 9.17) is 5.73 Å². The smallest absolute Gasteiger partial charge is 0.283 e. The molecule has 3 aromatic heterocycles. The number of hydrogen-bond acceptors (Lipinski definition) is 7. The van der Waals surface area contributed by atoms with Crippen LogP contribution >= 0.6 is 0 Å². The van der Waals surface area contributed by atoms with Crippen LogP contribution in [-0.2, 0) is 20.0 Å². The Labute approximate surface area is 218 Å². The first-order valence-electron chi connectivity index (χ1n) is 11.6. The van der Waals surface area contributed by atoms with E-state index in [0.717, 1.165) is 4.09 Å². The van der Waals surface area contributed by atoms with Crippen LogP contribution in [0.5, 0.6) is 0 Å². The standard InChI is InChI=1S/C27H21N5O4S2/c1-18-14-23-22(12-13-29-27(23)31(18)37(33,34)20-8-4-2-5-9-20)19-15-25(28)24-17-30-32(26(24)16-19)38(35,36)21-10-6-3-7-11-21/h2-17H,28H2,1H3. The zero-order chi connectivity index (χ0) is 26.7. The molecule has 0 saturated heterocycles. The number of nitrogens with zero attached hydrogens (tertiary/aromatic N) is 4. The predicted molar refractivity (Wildman–Crippen MR) is 146 cm³/mol. The normalized spacial score (nSPS) is 12.3. The van der Waals surface area contributed by atoms with Crippen molar-refractivity contribution in [3.63, 3.8) is 0 Å². The maximum absolute atomic E-state index is 13.5. The molecule has 2 N–H and O–H groups in total. The summed E-state index contributed by atoms with van der Waals surface area (Å²) in [5, 5.41) is 5.21. The third-order valence-electron chi connectivity index (χ3n) is 6.38. The van der Waals surface area contributed by atoms with Crippen LogP contribution in [0.25, 0.3) is 33.1 Å². The largest absolute Gasteiger partial charge is 0.398 e. The highest BCUT2D eigenvalue weighted by Crippen LogP contribution is 2.36. The first-order chi connectivity index (χ1) is 18.2. The summed E-state index contributed by atoms with van der Waals surface area (Å²) in [5.41, 5.74) is 8.98. The number of rotatable bonds is 5. The van der Waals surface area contributed by atoms with Gasteiger partial charge in [-0.05, 0) is 66.6 Å². The third-order valence-corrected chi connectivity index (χ3v) is 9.81. The molecule has 190 valence electrons. The average Bonchev–Trinajstić information content (AvgIpc) is 3.51. The molecule has 6 aromatic rings. The van der Waals surface area contributed by atoms with Crippen LogP contribution in [-0.4, -0.2) is 35.0 Å². The Morgan fingerprint density at radius 2 is 1.39 bits per heavy atom. The summed E-state index contributed by atoms with van der Waals surface area (Å²) < 4.78 is 55.9. The number of benzene rings is 3. The van der Waals surface area contributed by atoms with Crippen molar-refractivity contribution in [3.05, 3.63) is 103 Å². The number of pyridine rings is 1. The van der Waals surface area contributed by atoms with Crippen molar-refractivity contribution >= 4 is 47.7 Å². The molecule has 0 radical (unpaired) electrons. The van der Waals surface area contributed by atoms with Gasteiger partial charge < -0.3 is 5.73 Å². The van der Waals surface area contributed by atoms with Crippen LogP contribution < -0.4 is 5.73 Å². The van der Waals surface area contributed by atoms with Gasteiger partial charge in [-0.1, -0.05) is 36.4 Å². The Morgan fingerprint density at radius 1 is 0.763 bits per heavy atom. The molecule has 6 rings (SSSR count). The number of anilines is 1. The molecule has 0 spiro atoms.